The molecule has 0 spiro atoms. The van der Waals surface area contributed by atoms with Crippen LogP contribution in [-0.2, 0) is 0 Å². The fraction of sp³-hybridized carbons (Fsp3) is 0.0690. The lowest BCUT2D eigenvalue weighted by Gasteiger charge is -2.09. The van der Waals surface area contributed by atoms with Gasteiger partial charge in [-0.1, -0.05) is 48.5 Å². The summed E-state index contributed by atoms with van der Waals surface area (Å²) in [6.45, 7) is 2.62. The van der Waals surface area contributed by atoms with Crippen LogP contribution in [0.1, 0.15) is 12.5 Å². The van der Waals surface area contributed by atoms with E-state index in [4.69, 9.17) is 19.7 Å². The summed E-state index contributed by atoms with van der Waals surface area (Å²) in [6.07, 6.45) is 1.90. The molecular formula is C29H21N3OS2. The topological polar surface area (TPSA) is 47.4 Å². The Morgan fingerprint density at radius 1 is 0.886 bits per heavy atom. The molecule has 0 aliphatic carbocycles. The van der Waals surface area contributed by atoms with E-state index in [1.807, 2.05) is 55.6 Å². The molecule has 4 aromatic carbocycles. The molecule has 6 rings (SSSR count). The van der Waals surface area contributed by atoms with Crippen molar-refractivity contribution in [2.45, 2.75) is 16.3 Å². The highest BCUT2D eigenvalue weighted by atomic mass is 32.2. The van der Waals surface area contributed by atoms with Gasteiger partial charge >= 0.3 is 0 Å². The maximum Gasteiger partial charge on any atom is 0.157 e. The number of aromatic nitrogens is 2. The smallest absolute Gasteiger partial charge is 0.157 e. The molecule has 170 valence electrons. The van der Waals surface area contributed by atoms with Crippen LogP contribution in [0.3, 0.4) is 0 Å². The van der Waals surface area contributed by atoms with E-state index in [-0.39, 0.29) is 0 Å². The zero-order chi connectivity index (χ0) is 23.6. The van der Waals surface area contributed by atoms with E-state index in [1.165, 1.54) is 10.1 Å². The number of hydrogen-bond donors (Lipinski definition) is 0. The molecule has 35 heavy (non-hydrogen) atoms. The van der Waals surface area contributed by atoms with E-state index in [9.17, 15) is 0 Å². The minimum Gasteiger partial charge on any atom is -0.494 e. The van der Waals surface area contributed by atoms with Crippen LogP contribution in [-0.4, -0.2) is 22.8 Å². The fourth-order valence-electron chi connectivity index (χ4n) is 4.00. The molecular weight excluding hydrogens is 470 g/mol. The van der Waals surface area contributed by atoms with Gasteiger partial charge in [0.05, 0.1) is 28.0 Å². The quantitative estimate of drug-likeness (QED) is 0.174. The lowest BCUT2D eigenvalue weighted by molar-refractivity contribution is 0.340. The van der Waals surface area contributed by atoms with Crippen LogP contribution >= 0.6 is 23.1 Å². The van der Waals surface area contributed by atoms with Gasteiger partial charge in [0.2, 0.25) is 0 Å². The zero-order valence-electron chi connectivity index (χ0n) is 19.0. The summed E-state index contributed by atoms with van der Waals surface area (Å²) >= 11 is 3.28. The van der Waals surface area contributed by atoms with Crippen LogP contribution in [0.25, 0.3) is 31.9 Å². The highest BCUT2D eigenvalue weighted by Crippen LogP contribution is 2.37. The summed E-state index contributed by atoms with van der Waals surface area (Å²) in [4.78, 5) is 14.7. The third kappa shape index (κ3) is 4.50. The molecule has 0 N–H and O–H groups in total. The molecule has 0 saturated carbocycles. The summed E-state index contributed by atoms with van der Waals surface area (Å²) in [7, 11) is 0. The number of pyridine rings is 1. The summed E-state index contributed by atoms with van der Waals surface area (Å²) in [6, 6.07) is 30.8. The predicted molar refractivity (Wildman–Crippen MR) is 148 cm³/mol. The van der Waals surface area contributed by atoms with Gasteiger partial charge < -0.3 is 4.74 Å². The number of hydrogen-bond acceptors (Lipinski definition) is 6. The lowest BCUT2D eigenvalue weighted by atomic mass is 10.1. The second-order valence-corrected chi connectivity index (χ2v) is 10.2. The van der Waals surface area contributed by atoms with Crippen molar-refractivity contribution in [2.75, 3.05) is 6.61 Å². The molecule has 0 radical (unpaired) electrons. The number of nitrogens with zero attached hydrogens (tertiary/aromatic N) is 3. The molecule has 6 heteroatoms. The van der Waals surface area contributed by atoms with Crippen molar-refractivity contribution in [2.24, 2.45) is 4.99 Å². The van der Waals surface area contributed by atoms with Crippen molar-refractivity contribution in [1.82, 2.24) is 9.97 Å². The van der Waals surface area contributed by atoms with Crippen LogP contribution in [0, 0.1) is 0 Å². The second-order valence-electron chi connectivity index (χ2n) is 7.98. The Morgan fingerprint density at radius 3 is 2.54 bits per heavy atom. The third-order valence-corrected chi connectivity index (χ3v) is 7.78. The first-order valence-corrected chi connectivity index (χ1v) is 13.0. The minimum absolute atomic E-state index is 0.645. The molecule has 6 aromatic rings. The number of rotatable bonds is 6. The van der Waals surface area contributed by atoms with Crippen molar-refractivity contribution in [1.29, 1.82) is 0 Å². The molecule has 0 fully saturated rings. The monoisotopic (exact) mass is 491 g/mol. The van der Waals surface area contributed by atoms with Gasteiger partial charge in [-0.3, -0.25) is 4.99 Å². The van der Waals surface area contributed by atoms with Gasteiger partial charge in [-0.2, -0.15) is 0 Å². The zero-order valence-corrected chi connectivity index (χ0v) is 20.6. The number of para-hydroxylation sites is 1. The molecule has 2 aromatic heterocycles. The van der Waals surface area contributed by atoms with Crippen LogP contribution in [0.15, 0.2) is 105 Å². The standard InChI is InChI=1S/C29H21N3OS2/c1-2-33-23-15-13-22(14-16-23)30-18-21-17-20-12-11-19-7-3-4-8-24(19)27(20)32-28(21)35-29-31-25-9-5-6-10-26(25)34-29/h3-18H,2H2,1H3. The summed E-state index contributed by atoms with van der Waals surface area (Å²) in [5.74, 6) is 0.845. The first kappa shape index (κ1) is 21.8. The van der Waals surface area contributed by atoms with Crippen LogP contribution in [0.2, 0.25) is 0 Å². The van der Waals surface area contributed by atoms with Gasteiger partial charge in [0.1, 0.15) is 10.8 Å². The highest BCUT2D eigenvalue weighted by Gasteiger charge is 2.13. The second kappa shape index (κ2) is 9.49. The summed E-state index contributed by atoms with van der Waals surface area (Å²) in [5, 5.41) is 4.30. The van der Waals surface area contributed by atoms with Gasteiger partial charge in [-0.05, 0) is 66.5 Å². The van der Waals surface area contributed by atoms with Gasteiger partial charge in [0, 0.05) is 22.6 Å². The largest absolute Gasteiger partial charge is 0.494 e. The van der Waals surface area contributed by atoms with E-state index in [2.05, 4.69) is 48.5 Å². The van der Waals surface area contributed by atoms with Crippen LogP contribution in [0.4, 0.5) is 5.69 Å². The molecule has 4 nitrogen and oxygen atoms in total. The average Bonchev–Trinajstić information content (AvgIpc) is 3.31. The van der Waals surface area contributed by atoms with Crippen molar-refractivity contribution < 1.29 is 4.74 Å². The molecule has 0 atom stereocenters. The molecule has 0 amide bonds. The maximum atomic E-state index is 5.55. The van der Waals surface area contributed by atoms with Crippen molar-refractivity contribution in [3.05, 3.63) is 96.6 Å². The van der Waals surface area contributed by atoms with Crippen molar-refractivity contribution >= 4 is 66.9 Å². The molecule has 0 unspecified atom stereocenters. The summed E-state index contributed by atoms with van der Waals surface area (Å²) < 4.78 is 7.69. The molecule has 0 aliphatic heterocycles. The highest BCUT2D eigenvalue weighted by molar-refractivity contribution is 8.01. The first-order valence-electron chi connectivity index (χ1n) is 11.4. The van der Waals surface area contributed by atoms with Gasteiger partial charge in [0.15, 0.2) is 4.34 Å². The Labute approximate surface area is 211 Å². The van der Waals surface area contributed by atoms with Gasteiger partial charge in [0.25, 0.3) is 0 Å². The molecule has 0 aliphatic rings. The van der Waals surface area contributed by atoms with E-state index >= 15 is 0 Å². The van der Waals surface area contributed by atoms with Gasteiger partial charge in [-0.25, -0.2) is 9.97 Å². The van der Waals surface area contributed by atoms with E-state index in [0.29, 0.717) is 6.61 Å². The maximum absolute atomic E-state index is 5.55. The average molecular weight is 492 g/mol. The van der Waals surface area contributed by atoms with E-state index in [1.54, 1.807) is 23.1 Å². The predicted octanol–water partition coefficient (Wildman–Crippen LogP) is 8.30. The Morgan fingerprint density at radius 2 is 1.69 bits per heavy atom. The Hall–Kier alpha value is -3.74. The minimum atomic E-state index is 0.645. The number of aliphatic imine (C=N–C) groups is 1. The van der Waals surface area contributed by atoms with Gasteiger partial charge in [-0.15, -0.1) is 11.3 Å². The van der Waals surface area contributed by atoms with Crippen molar-refractivity contribution in [3.63, 3.8) is 0 Å². The van der Waals surface area contributed by atoms with E-state index in [0.717, 1.165) is 48.2 Å². The fourth-order valence-corrected chi connectivity index (χ4v) is 6.05. The van der Waals surface area contributed by atoms with Crippen molar-refractivity contribution in [3.8, 4) is 5.75 Å². The molecule has 0 saturated heterocycles. The Kier molecular flexibility index (Phi) is 5.90. The molecule has 0 bridgehead atoms. The Balaban J connectivity index is 1.45. The lowest BCUT2D eigenvalue weighted by Crippen LogP contribution is -1.93. The first-order chi connectivity index (χ1) is 17.3. The molecule has 2 heterocycles. The number of ether oxygens (including phenoxy) is 1. The van der Waals surface area contributed by atoms with Crippen LogP contribution < -0.4 is 4.74 Å². The summed E-state index contributed by atoms with van der Waals surface area (Å²) in [5.41, 5.74) is 3.83. The number of fused-ring (bicyclic) bond motifs is 4. The number of thiazole rings is 1. The Bertz CT molecular complexity index is 1660. The number of benzene rings is 4. The van der Waals surface area contributed by atoms with Crippen LogP contribution in [0.5, 0.6) is 5.75 Å². The SMILES string of the molecule is CCOc1ccc(N=Cc2cc3ccc4ccccc4c3nc2Sc2nc3ccccc3s2)cc1. The van der Waals surface area contributed by atoms with E-state index < -0.39 is 0 Å². The third-order valence-electron chi connectivity index (χ3n) is 5.66. The normalized spacial score (nSPS) is 11.7.